The molecule has 0 heterocycles. The molecule has 0 spiro atoms. The van der Waals surface area contributed by atoms with Gasteiger partial charge in [-0.1, -0.05) is 42.0 Å². The van der Waals surface area contributed by atoms with E-state index < -0.39 is 6.10 Å². The fraction of sp³-hybridized carbons (Fsp3) is 0.381. The molecule has 0 aliphatic heterocycles. The lowest BCUT2D eigenvalue weighted by atomic mass is 10.1. The van der Waals surface area contributed by atoms with E-state index in [4.69, 9.17) is 4.74 Å². The van der Waals surface area contributed by atoms with Crippen molar-refractivity contribution >= 4 is 5.96 Å². The number of aliphatic hydroxyl groups excluding tert-OH is 1. The lowest BCUT2D eigenvalue weighted by Gasteiger charge is -2.23. The van der Waals surface area contributed by atoms with Crippen LogP contribution in [-0.2, 0) is 6.54 Å². The van der Waals surface area contributed by atoms with Crippen LogP contribution in [0.4, 0.5) is 0 Å². The molecule has 0 fully saturated rings. The molecule has 0 aliphatic rings. The Kier molecular flexibility index (Phi) is 7.48. The third-order valence-electron chi connectivity index (χ3n) is 4.15. The van der Waals surface area contributed by atoms with Gasteiger partial charge in [0.25, 0.3) is 0 Å². The number of benzene rings is 2. The maximum Gasteiger partial charge on any atom is 0.194 e. The van der Waals surface area contributed by atoms with E-state index in [1.165, 1.54) is 11.1 Å². The van der Waals surface area contributed by atoms with E-state index in [0.717, 1.165) is 30.4 Å². The van der Waals surface area contributed by atoms with Crippen molar-refractivity contribution in [2.75, 3.05) is 27.2 Å². The molecule has 0 saturated heterocycles. The molecule has 2 aromatic carbocycles. The van der Waals surface area contributed by atoms with Crippen molar-refractivity contribution in [3.8, 4) is 5.75 Å². The number of guanidine groups is 1. The van der Waals surface area contributed by atoms with Crippen LogP contribution >= 0.6 is 0 Å². The first kappa shape index (κ1) is 19.8. The minimum absolute atomic E-state index is 0.299. The topological polar surface area (TPSA) is 57.1 Å². The quantitative estimate of drug-likeness (QED) is 0.592. The van der Waals surface area contributed by atoms with Crippen LogP contribution in [0.5, 0.6) is 5.75 Å². The number of nitrogens with zero attached hydrogens (tertiary/aromatic N) is 2. The van der Waals surface area contributed by atoms with Gasteiger partial charge in [-0.05, 0) is 37.1 Å². The van der Waals surface area contributed by atoms with E-state index in [1.54, 1.807) is 7.11 Å². The molecule has 0 aliphatic carbocycles. The van der Waals surface area contributed by atoms with Crippen LogP contribution in [0.25, 0.3) is 0 Å². The Hall–Kier alpha value is -2.53. The van der Waals surface area contributed by atoms with Crippen molar-refractivity contribution in [2.24, 2.45) is 4.99 Å². The number of methoxy groups -OCH3 is 1. The fourth-order valence-corrected chi connectivity index (χ4v) is 2.62. The summed E-state index contributed by atoms with van der Waals surface area (Å²) < 4.78 is 5.15. The van der Waals surface area contributed by atoms with Gasteiger partial charge in [0.2, 0.25) is 0 Å². The van der Waals surface area contributed by atoms with Crippen LogP contribution in [-0.4, -0.2) is 43.2 Å². The van der Waals surface area contributed by atoms with Gasteiger partial charge in [-0.15, -0.1) is 0 Å². The number of aliphatic imine (C=N–C) groups is 1. The van der Waals surface area contributed by atoms with E-state index in [1.807, 2.05) is 38.2 Å². The first-order chi connectivity index (χ1) is 12.5. The van der Waals surface area contributed by atoms with Gasteiger partial charge in [-0.25, -0.2) is 0 Å². The Morgan fingerprint density at radius 1 is 1.15 bits per heavy atom. The first-order valence-electron chi connectivity index (χ1n) is 8.90. The zero-order chi connectivity index (χ0) is 18.9. The number of aliphatic hydroxyl groups is 1. The second-order valence-electron chi connectivity index (χ2n) is 6.33. The van der Waals surface area contributed by atoms with Crippen molar-refractivity contribution in [3.05, 3.63) is 65.2 Å². The van der Waals surface area contributed by atoms with Crippen LogP contribution in [0.3, 0.4) is 0 Å². The second kappa shape index (κ2) is 9.82. The Morgan fingerprint density at radius 2 is 1.81 bits per heavy atom. The summed E-state index contributed by atoms with van der Waals surface area (Å²) in [5.74, 6) is 1.55. The third-order valence-corrected chi connectivity index (χ3v) is 4.15. The van der Waals surface area contributed by atoms with Crippen molar-refractivity contribution in [3.63, 3.8) is 0 Å². The molecule has 5 nitrogen and oxygen atoms in total. The maximum atomic E-state index is 10.4. The highest BCUT2D eigenvalue weighted by Gasteiger charge is 2.10. The molecule has 2 N–H and O–H groups in total. The molecule has 0 bridgehead atoms. The summed E-state index contributed by atoms with van der Waals surface area (Å²) in [7, 11) is 3.63. The number of hydrogen-bond donors (Lipinski definition) is 2. The summed E-state index contributed by atoms with van der Waals surface area (Å²) >= 11 is 0. The second-order valence-corrected chi connectivity index (χ2v) is 6.33. The van der Waals surface area contributed by atoms with Gasteiger partial charge in [0.1, 0.15) is 5.75 Å². The average Bonchev–Trinajstić information content (AvgIpc) is 2.66. The molecular formula is C21H29N3O2. The molecule has 1 unspecified atom stereocenters. The van der Waals surface area contributed by atoms with Gasteiger partial charge < -0.3 is 20.1 Å². The molecule has 2 aromatic rings. The molecule has 0 amide bonds. The highest BCUT2D eigenvalue weighted by Crippen LogP contribution is 2.18. The summed E-state index contributed by atoms with van der Waals surface area (Å²) in [6.07, 6.45) is -0.651. The van der Waals surface area contributed by atoms with Crippen LogP contribution in [0.1, 0.15) is 29.7 Å². The number of aryl methyl sites for hydroxylation is 1. The summed E-state index contributed by atoms with van der Waals surface area (Å²) in [5.41, 5.74) is 3.30. The molecule has 140 valence electrons. The molecule has 26 heavy (non-hydrogen) atoms. The van der Waals surface area contributed by atoms with Gasteiger partial charge in [-0.3, -0.25) is 4.99 Å². The highest BCUT2D eigenvalue weighted by atomic mass is 16.5. The van der Waals surface area contributed by atoms with Crippen molar-refractivity contribution in [1.29, 1.82) is 0 Å². The van der Waals surface area contributed by atoms with Gasteiger partial charge in [0.05, 0.1) is 19.8 Å². The zero-order valence-corrected chi connectivity index (χ0v) is 16.1. The summed E-state index contributed by atoms with van der Waals surface area (Å²) in [6, 6.07) is 15.9. The van der Waals surface area contributed by atoms with Crippen LogP contribution in [0.15, 0.2) is 53.5 Å². The van der Waals surface area contributed by atoms with E-state index >= 15 is 0 Å². The highest BCUT2D eigenvalue weighted by molar-refractivity contribution is 5.79. The van der Waals surface area contributed by atoms with E-state index in [0.29, 0.717) is 6.54 Å². The van der Waals surface area contributed by atoms with Gasteiger partial charge in [0, 0.05) is 20.1 Å². The Labute approximate surface area is 156 Å². The molecule has 5 heteroatoms. The lowest BCUT2D eigenvalue weighted by Crippen LogP contribution is -2.38. The molecule has 1 atom stereocenters. The minimum atomic E-state index is -0.651. The smallest absolute Gasteiger partial charge is 0.194 e. The normalized spacial score (nSPS) is 12.6. The maximum absolute atomic E-state index is 10.4. The van der Waals surface area contributed by atoms with Crippen LogP contribution in [0.2, 0.25) is 0 Å². The Morgan fingerprint density at radius 3 is 2.38 bits per heavy atom. The van der Waals surface area contributed by atoms with E-state index in [-0.39, 0.29) is 0 Å². The average molecular weight is 355 g/mol. The lowest BCUT2D eigenvalue weighted by molar-refractivity contribution is 0.186. The fourth-order valence-electron chi connectivity index (χ4n) is 2.62. The summed E-state index contributed by atoms with van der Waals surface area (Å²) in [4.78, 5) is 6.66. The van der Waals surface area contributed by atoms with Crippen molar-refractivity contribution in [1.82, 2.24) is 10.2 Å². The zero-order valence-electron chi connectivity index (χ0n) is 16.1. The van der Waals surface area contributed by atoms with Crippen LogP contribution in [0, 0.1) is 6.92 Å². The largest absolute Gasteiger partial charge is 0.497 e. The van der Waals surface area contributed by atoms with Crippen molar-refractivity contribution < 1.29 is 9.84 Å². The van der Waals surface area contributed by atoms with E-state index in [2.05, 4.69) is 46.4 Å². The number of ether oxygens (including phenoxy) is 1. The van der Waals surface area contributed by atoms with Gasteiger partial charge in [0.15, 0.2) is 5.96 Å². The predicted molar refractivity (Wildman–Crippen MR) is 107 cm³/mol. The number of rotatable bonds is 7. The van der Waals surface area contributed by atoms with Crippen LogP contribution < -0.4 is 10.1 Å². The molecule has 2 rings (SSSR count). The minimum Gasteiger partial charge on any atom is -0.497 e. The standard InChI is InChI=1S/C21H29N3O2/c1-5-22-21(24(3)15-17-8-6-16(2)7-9-17)23-14-20(25)18-10-12-19(26-4)13-11-18/h6-13,20,25H,5,14-15H2,1-4H3,(H,22,23). The molecule has 0 aromatic heterocycles. The Balaban J connectivity index is 2.02. The molecular weight excluding hydrogens is 326 g/mol. The van der Waals surface area contributed by atoms with Gasteiger partial charge in [-0.2, -0.15) is 0 Å². The van der Waals surface area contributed by atoms with Gasteiger partial charge >= 0.3 is 0 Å². The van der Waals surface area contributed by atoms with Crippen molar-refractivity contribution in [2.45, 2.75) is 26.5 Å². The molecule has 0 saturated carbocycles. The third kappa shape index (κ3) is 5.77. The summed E-state index contributed by atoms with van der Waals surface area (Å²) in [5, 5.41) is 13.7. The first-order valence-corrected chi connectivity index (χ1v) is 8.90. The monoisotopic (exact) mass is 355 g/mol. The Bertz CT molecular complexity index is 696. The number of nitrogens with one attached hydrogen (secondary N) is 1. The predicted octanol–water partition coefficient (Wildman–Crippen LogP) is 3.13. The summed E-state index contributed by atoms with van der Waals surface area (Å²) in [6.45, 7) is 5.95. The molecule has 0 radical (unpaired) electrons. The SMILES string of the molecule is CCNC(=NCC(O)c1ccc(OC)cc1)N(C)Cc1ccc(C)cc1. The number of hydrogen-bond acceptors (Lipinski definition) is 3. The van der Waals surface area contributed by atoms with E-state index in [9.17, 15) is 5.11 Å².